The Bertz CT molecular complexity index is 1190. The average Bonchev–Trinajstić information content (AvgIpc) is 3.26. The van der Waals surface area contributed by atoms with Crippen molar-refractivity contribution < 1.29 is 4.79 Å². The monoisotopic (exact) mass is 487 g/mol. The number of pyridine rings is 1. The molecule has 3 heterocycles. The Morgan fingerprint density at radius 2 is 1.86 bits per heavy atom. The van der Waals surface area contributed by atoms with E-state index in [0.717, 1.165) is 43.7 Å². The summed E-state index contributed by atoms with van der Waals surface area (Å²) in [6.07, 6.45) is 17.9. The van der Waals surface area contributed by atoms with Gasteiger partial charge in [0.1, 0.15) is 5.65 Å². The number of rotatable bonds is 6. The molecule has 1 aromatic carbocycles. The summed E-state index contributed by atoms with van der Waals surface area (Å²) in [7, 11) is 0. The molecule has 35 heavy (non-hydrogen) atoms. The lowest BCUT2D eigenvalue weighted by Crippen LogP contribution is -2.37. The van der Waals surface area contributed by atoms with Crippen LogP contribution < -0.4 is 0 Å². The van der Waals surface area contributed by atoms with Crippen LogP contribution in [0.2, 0.25) is 5.02 Å². The molecule has 0 spiro atoms. The minimum Gasteiger partial charge on any atom is -0.339 e. The van der Waals surface area contributed by atoms with Crippen molar-refractivity contribution in [2.75, 3.05) is 13.1 Å². The second kappa shape index (κ2) is 13.5. The third kappa shape index (κ3) is 8.41. The fourth-order valence-corrected chi connectivity index (χ4v) is 4.15. The fourth-order valence-electron chi connectivity index (χ4n) is 3.99. The van der Waals surface area contributed by atoms with Crippen LogP contribution in [0.25, 0.3) is 11.7 Å². The predicted octanol–water partition coefficient (Wildman–Crippen LogP) is 7.18. The highest BCUT2D eigenvalue weighted by Gasteiger charge is 2.21. The number of carbonyl (C=O) groups is 1. The maximum atomic E-state index is 12.5. The molecule has 3 aromatic rings. The fraction of sp³-hybridized carbons (Fsp3) is 0.267. The zero-order valence-electron chi connectivity index (χ0n) is 20.6. The molecule has 0 unspecified atom stereocenters. The summed E-state index contributed by atoms with van der Waals surface area (Å²) in [4.78, 5) is 18.8. The number of fused-ring (bicyclic) bond motifs is 1. The molecule has 0 atom stereocenters. The highest BCUT2D eigenvalue weighted by Crippen LogP contribution is 2.22. The van der Waals surface area contributed by atoms with Crippen LogP contribution in [0.5, 0.6) is 0 Å². The number of amides is 1. The topological polar surface area (TPSA) is 37.6 Å². The highest BCUT2D eigenvalue weighted by atomic mass is 35.5. The van der Waals surface area contributed by atoms with Gasteiger partial charge in [0.15, 0.2) is 0 Å². The van der Waals surface area contributed by atoms with Crippen LogP contribution >= 0.6 is 11.6 Å². The van der Waals surface area contributed by atoms with E-state index in [-0.39, 0.29) is 5.91 Å². The van der Waals surface area contributed by atoms with E-state index in [1.807, 2.05) is 51.9 Å². The number of allylic oxidation sites excluding steroid dienone is 5. The SMILES string of the molecule is C=C/C=C\C=C(C)C.O=C(/C=C/c1cnc2ccc(Cl)cn12)N1CCC(Cc2ccccc2)CC1. The Kier molecular flexibility index (Phi) is 10.1. The number of piperidine rings is 1. The maximum Gasteiger partial charge on any atom is 0.246 e. The second-order valence-electron chi connectivity index (χ2n) is 8.91. The van der Waals surface area contributed by atoms with Crippen molar-refractivity contribution in [2.45, 2.75) is 33.1 Å². The number of benzene rings is 1. The minimum atomic E-state index is 0.0603. The smallest absolute Gasteiger partial charge is 0.246 e. The van der Waals surface area contributed by atoms with E-state index in [9.17, 15) is 4.79 Å². The molecule has 4 nitrogen and oxygen atoms in total. The summed E-state index contributed by atoms with van der Waals surface area (Å²) in [5, 5.41) is 0.641. The molecule has 0 bridgehead atoms. The normalized spacial score (nSPS) is 14.2. The summed E-state index contributed by atoms with van der Waals surface area (Å²) in [5.41, 5.74) is 4.35. The Balaban J connectivity index is 0.000000371. The van der Waals surface area contributed by atoms with Crippen molar-refractivity contribution in [3.8, 4) is 0 Å². The summed E-state index contributed by atoms with van der Waals surface area (Å²) in [6.45, 7) is 9.31. The van der Waals surface area contributed by atoms with Gasteiger partial charge in [-0.1, -0.05) is 78.4 Å². The zero-order valence-corrected chi connectivity index (χ0v) is 21.4. The first-order valence-electron chi connectivity index (χ1n) is 12.0. The second-order valence-corrected chi connectivity index (χ2v) is 9.35. The number of carbonyl (C=O) groups excluding carboxylic acids is 1. The van der Waals surface area contributed by atoms with E-state index >= 15 is 0 Å². The molecule has 1 fully saturated rings. The molecule has 1 aliphatic rings. The Morgan fingerprint density at radius 1 is 1.11 bits per heavy atom. The average molecular weight is 488 g/mol. The van der Waals surface area contributed by atoms with Crippen LogP contribution in [0.15, 0.2) is 97.4 Å². The number of halogens is 1. The summed E-state index contributed by atoms with van der Waals surface area (Å²) in [5.74, 6) is 0.714. The lowest BCUT2D eigenvalue weighted by atomic mass is 9.90. The molecular weight excluding hydrogens is 454 g/mol. The van der Waals surface area contributed by atoms with E-state index in [4.69, 9.17) is 11.6 Å². The van der Waals surface area contributed by atoms with Gasteiger partial charge < -0.3 is 4.90 Å². The third-order valence-electron chi connectivity index (χ3n) is 5.86. The van der Waals surface area contributed by atoms with Gasteiger partial charge >= 0.3 is 0 Å². The largest absolute Gasteiger partial charge is 0.339 e. The molecule has 0 N–H and O–H groups in total. The van der Waals surface area contributed by atoms with Crippen molar-refractivity contribution >= 4 is 29.2 Å². The Labute approximate surface area is 213 Å². The number of aromatic nitrogens is 2. The molecule has 0 aliphatic carbocycles. The first-order chi connectivity index (χ1) is 17.0. The van der Waals surface area contributed by atoms with E-state index in [2.05, 4.69) is 55.7 Å². The molecule has 1 saturated heterocycles. The van der Waals surface area contributed by atoms with E-state index in [0.29, 0.717) is 10.9 Å². The lowest BCUT2D eigenvalue weighted by molar-refractivity contribution is -0.127. The number of hydrogen-bond donors (Lipinski definition) is 0. The third-order valence-corrected chi connectivity index (χ3v) is 6.09. The lowest BCUT2D eigenvalue weighted by Gasteiger charge is -2.31. The van der Waals surface area contributed by atoms with Crippen molar-refractivity contribution in [1.82, 2.24) is 14.3 Å². The van der Waals surface area contributed by atoms with Crippen LogP contribution in [0.1, 0.15) is 37.9 Å². The number of hydrogen-bond acceptors (Lipinski definition) is 2. The molecule has 1 amide bonds. The van der Waals surface area contributed by atoms with Gasteiger partial charge in [-0.05, 0) is 62.8 Å². The van der Waals surface area contributed by atoms with Gasteiger partial charge in [0, 0.05) is 25.4 Å². The van der Waals surface area contributed by atoms with Gasteiger partial charge in [-0.3, -0.25) is 9.20 Å². The van der Waals surface area contributed by atoms with Gasteiger partial charge in [0.2, 0.25) is 5.91 Å². The molecule has 1 aliphatic heterocycles. The van der Waals surface area contributed by atoms with E-state index in [1.54, 1.807) is 18.3 Å². The van der Waals surface area contributed by atoms with Gasteiger partial charge in [-0.2, -0.15) is 0 Å². The van der Waals surface area contributed by atoms with E-state index in [1.165, 1.54) is 11.1 Å². The first kappa shape index (κ1) is 26.2. The summed E-state index contributed by atoms with van der Waals surface area (Å²) >= 11 is 6.06. The van der Waals surface area contributed by atoms with Gasteiger partial charge in [-0.25, -0.2) is 4.98 Å². The van der Waals surface area contributed by atoms with Gasteiger partial charge in [0.25, 0.3) is 0 Å². The minimum absolute atomic E-state index is 0.0603. The van der Waals surface area contributed by atoms with Crippen LogP contribution in [0.3, 0.4) is 0 Å². The van der Waals surface area contributed by atoms with Gasteiger partial charge in [0.05, 0.1) is 16.9 Å². The first-order valence-corrected chi connectivity index (χ1v) is 12.4. The quantitative estimate of drug-likeness (QED) is 0.273. The van der Waals surface area contributed by atoms with Crippen LogP contribution in [-0.4, -0.2) is 33.3 Å². The van der Waals surface area contributed by atoms with E-state index < -0.39 is 0 Å². The number of likely N-dealkylation sites (tertiary alicyclic amines) is 1. The molecule has 0 radical (unpaired) electrons. The maximum absolute atomic E-state index is 12.5. The van der Waals surface area contributed by atoms with Crippen molar-refractivity contribution in [3.05, 3.63) is 114 Å². The number of imidazole rings is 1. The summed E-state index contributed by atoms with van der Waals surface area (Å²) in [6, 6.07) is 14.3. The van der Waals surface area contributed by atoms with Crippen molar-refractivity contribution in [3.63, 3.8) is 0 Å². The molecule has 4 rings (SSSR count). The molecular formula is C30H34ClN3O. The predicted molar refractivity (Wildman–Crippen MR) is 147 cm³/mol. The van der Waals surface area contributed by atoms with Crippen molar-refractivity contribution in [1.29, 1.82) is 0 Å². The van der Waals surface area contributed by atoms with Crippen LogP contribution in [0.4, 0.5) is 0 Å². The summed E-state index contributed by atoms with van der Waals surface area (Å²) < 4.78 is 1.89. The molecule has 5 heteroatoms. The zero-order chi connectivity index (χ0) is 25.0. The Hall–Kier alpha value is -3.37. The van der Waals surface area contributed by atoms with Gasteiger partial charge in [-0.15, -0.1) is 0 Å². The number of nitrogens with zero attached hydrogens (tertiary/aromatic N) is 3. The highest BCUT2D eigenvalue weighted by molar-refractivity contribution is 6.30. The molecule has 0 saturated carbocycles. The van der Waals surface area contributed by atoms with Crippen molar-refractivity contribution in [2.24, 2.45) is 5.92 Å². The molecule has 182 valence electrons. The van der Waals surface area contributed by atoms with Crippen LogP contribution in [0, 0.1) is 5.92 Å². The van der Waals surface area contributed by atoms with Crippen LogP contribution in [-0.2, 0) is 11.2 Å². The molecule has 2 aromatic heterocycles. The standard InChI is InChI=1S/C22H22ClN3O.C8H12/c23-19-6-8-21-24-15-20(26(21)16-19)7-9-22(27)25-12-10-18(11-13-25)14-17-4-2-1-3-5-17;1-4-5-6-7-8(2)3/h1-9,15-16,18H,10-14H2;4-7H,1H2,2-3H3/b9-7+;6-5-. The Morgan fingerprint density at radius 3 is 2.54 bits per heavy atom.